The zero-order valence-corrected chi connectivity index (χ0v) is 12.5. The smallest absolute Gasteiger partial charge is 0.147 e. The van der Waals surface area contributed by atoms with Gasteiger partial charge in [-0.1, -0.05) is 0 Å². The van der Waals surface area contributed by atoms with Crippen LogP contribution in [-0.2, 0) is 6.54 Å². The van der Waals surface area contributed by atoms with Gasteiger partial charge in [0.1, 0.15) is 5.82 Å². The lowest BCUT2D eigenvalue weighted by Crippen LogP contribution is -2.28. The van der Waals surface area contributed by atoms with Gasteiger partial charge in [0.25, 0.3) is 0 Å². The molecule has 110 valence electrons. The summed E-state index contributed by atoms with van der Waals surface area (Å²) in [6.07, 6.45) is 7.65. The number of rotatable bonds is 6. The van der Waals surface area contributed by atoms with Crippen LogP contribution in [0.25, 0.3) is 0 Å². The lowest BCUT2D eigenvalue weighted by molar-refractivity contribution is 0.395. The van der Waals surface area contributed by atoms with E-state index in [1.165, 1.54) is 32.4 Å². The molecule has 2 aliphatic rings. The van der Waals surface area contributed by atoms with Gasteiger partial charge in [-0.25, -0.2) is 4.98 Å². The van der Waals surface area contributed by atoms with Crippen LogP contribution in [0.4, 0.5) is 5.82 Å². The summed E-state index contributed by atoms with van der Waals surface area (Å²) in [6.45, 7) is 4.32. The first kappa shape index (κ1) is 13.8. The molecule has 1 aromatic rings. The summed E-state index contributed by atoms with van der Waals surface area (Å²) >= 11 is 0. The van der Waals surface area contributed by atoms with Gasteiger partial charge < -0.3 is 15.1 Å². The number of nitrogens with zero attached hydrogens (tertiary/aromatic N) is 4. The molecule has 1 saturated carbocycles. The number of likely N-dealkylation sites (tertiary alicyclic amines) is 1. The van der Waals surface area contributed by atoms with Gasteiger partial charge in [0, 0.05) is 38.9 Å². The summed E-state index contributed by atoms with van der Waals surface area (Å²) in [5.41, 5.74) is 1.05. The molecule has 2 fully saturated rings. The molecule has 1 aliphatic carbocycles. The van der Waals surface area contributed by atoms with Gasteiger partial charge in [0.2, 0.25) is 0 Å². The van der Waals surface area contributed by atoms with Crippen LogP contribution in [0.5, 0.6) is 0 Å². The van der Waals surface area contributed by atoms with E-state index in [4.69, 9.17) is 4.98 Å². The molecule has 5 nitrogen and oxygen atoms in total. The number of hydrogen-bond donors (Lipinski definition) is 1. The van der Waals surface area contributed by atoms with Crippen molar-refractivity contribution in [3.8, 4) is 0 Å². The Balaban J connectivity index is 1.55. The van der Waals surface area contributed by atoms with Crippen molar-refractivity contribution in [3.63, 3.8) is 0 Å². The van der Waals surface area contributed by atoms with E-state index in [1.807, 2.05) is 12.4 Å². The van der Waals surface area contributed by atoms with Crippen LogP contribution in [0, 0.1) is 5.92 Å². The predicted molar refractivity (Wildman–Crippen MR) is 80.8 cm³/mol. The van der Waals surface area contributed by atoms with Gasteiger partial charge in [0.05, 0.1) is 11.9 Å². The third-order valence-corrected chi connectivity index (χ3v) is 4.23. The Labute approximate surface area is 121 Å². The van der Waals surface area contributed by atoms with Crippen LogP contribution in [0.1, 0.15) is 25.0 Å². The Hall–Kier alpha value is -1.20. The first-order valence-corrected chi connectivity index (χ1v) is 7.64. The Morgan fingerprint density at radius 1 is 1.35 bits per heavy atom. The molecule has 2 heterocycles. The summed E-state index contributed by atoms with van der Waals surface area (Å²) < 4.78 is 0. The normalized spacial score (nSPS) is 23.2. The van der Waals surface area contributed by atoms with Crippen molar-refractivity contribution in [2.24, 2.45) is 5.92 Å². The van der Waals surface area contributed by atoms with E-state index in [1.54, 1.807) is 0 Å². The van der Waals surface area contributed by atoms with Crippen molar-refractivity contribution >= 4 is 5.82 Å². The second-order valence-electron chi connectivity index (χ2n) is 6.32. The maximum absolute atomic E-state index is 4.72. The molecule has 0 radical (unpaired) electrons. The molecule has 3 rings (SSSR count). The Morgan fingerprint density at radius 3 is 2.90 bits per heavy atom. The monoisotopic (exact) mass is 275 g/mol. The van der Waals surface area contributed by atoms with Crippen molar-refractivity contribution in [2.75, 3.05) is 38.6 Å². The average Bonchev–Trinajstić information content (AvgIpc) is 3.19. The highest BCUT2D eigenvalue weighted by Crippen LogP contribution is 2.20. The van der Waals surface area contributed by atoms with Crippen LogP contribution >= 0.6 is 0 Å². The minimum Gasteiger partial charge on any atom is -0.358 e. The largest absolute Gasteiger partial charge is 0.358 e. The molecule has 5 heteroatoms. The maximum atomic E-state index is 4.72. The standard InChI is InChI=1S/C15H25N5/c1-19-6-5-12(10-19)11-20(2)15-9-16-7-14(18-15)8-17-13-3-4-13/h7,9,12-13,17H,3-6,8,10-11H2,1-2H3. The molecule has 1 unspecified atom stereocenters. The third-order valence-electron chi connectivity index (χ3n) is 4.23. The molecule has 1 saturated heterocycles. The fourth-order valence-electron chi connectivity index (χ4n) is 2.86. The van der Waals surface area contributed by atoms with Crippen molar-refractivity contribution in [3.05, 3.63) is 18.1 Å². The number of aromatic nitrogens is 2. The molecule has 0 aromatic carbocycles. The van der Waals surface area contributed by atoms with E-state index >= 15 is 0 Å². The average molecular weight is 275 g/mol. The summed E-state index contributed by atoms with van der Waals surface area (Å²) in [5.74, 6) is 1.75. The van der Waals surface area contributed by atoms with Crippen LogP contribution < -0.4 is 10.2 Å². The van der Waals surface area contributed by atoms with Crippen molar-refractivity contribution in [2.45, 2.75) is 31.8 Å². The first-order chi connectivity index (χ1) is 9.70. The highest BCUT2D eigenvalue weighted by atomic mass is 15.2. The highest BCUT2D eigenvalue weighted by molar-refractivity contribution is 5.35. The van der Waals surface area contributed by atoms with E-state index in [0.717, 1.165) is 30.5 Å². The van der Waals surface area contributed by atoms with E-state index in [0.29, 0.717) is 6.04 Å². The molecule has 1 N–H and O–H groups in total. The lowest BCUT2D eigenvalue weighted by atomic mass is 10.1. The first-order valence-electron chi connectivity index (χ1n) is 7.64. The summed E-state index contributed by atoms with van der Waals surface area (Å²) in [4.78, 5) is 13.7. The Bertz CT molecular complexity index is 446. The number of anilines is 1. The van der Waals surface area contributed by atoms with E-state index in [9.17, 15) is 0 Å². The maximum Gasteiger partial charge on any atom is 0.147 e. The molecule has 0 spiro atoms. The Kier molecular flexibility index (Phi) is 4.17. The van der Waals surface area contributed by atoms with Gasteiger partial charge in [-0.2, -0.15) is 0 Å². The van der Waals surface area contributed by atoms with Gasteiger partial charge >= 0.3 is 0 Å². The molecule has 1 atom stereocenters. The van der Waals surface area contributed by atoms with E-state index in [-0.39, 0.29) is 0 Å². The van der Waals surface area contributed by atoms with Crippen LogP contribution in [0.3, 0.4) is 0 Å². The molecular formula is C15H25N5. The number of nitrogens with one attached hydrogen (secondary N) is 1. The Morgan fingerprint density at radius 2 is 2.20 bits per heavy atom. The van der Waals surface area contributed by atoms with E-state index in [2.05, 4.69) is 34.2 Å². The second kappa shape index (κ2) is 6.06. The van der Waals surface area contributed by atoms with Crippen molar-refractivity contribution < 1.29 is 0 Å². The quantitative estimate of drug-likeness (QED) is 0.843. The molecule has 1 aliphatic heterocycles. The van der Waals surface area contributed by atoms with Gasteiger partial charge in [0.15, 0.2) is 0 Å². The van der Waals surface area contributed by atoms with Gasteiger partial charge in [-0.05, 0) is 38.8 Å². The zero-order chi connectivity index (χ0) is 13.9. The summed E-state index contributed by atoms with van der Waals surface area (Å²) in [6, 6.07) is 0.715. The fraction of sp³-hybridized carbons (Fsp3) is 0.733. The molecule has 20 heavy (non-hydrogen) atoms. The summed E-state index contributed by atoms with van der Waals surface area (Å²) in [7, 11) is 4.32. The van der Waals surface area contributed by atoms with Gasteiger partial charge in [-0.3, -0.25) is 4.98 Å². The zero-order valence-electron chi connectivity index (χ0n) is 12.5. The van der Waals surface area contributed by atoms with Gasteiger partial charge in [-0.15, -0.1) is 0 Å². The minimum absolute atomic E-state index is 0.715. The minimum atomic E-state index is 0.715. The second-order valence-corrected chi connectivity index (χ2v) is 6.32. The van der Waals surface area contributed by atoms with Crippen LogP contribution in [0.15, 0.2) is 12.4 Å². The van der Waals surface area contributed by atoms with Crippen molar-refractivity contribution in [1.29, 1.82) is 0 Å². The predicted octanol–water partition coefficient (Wildman–Crippen LogP) is 1.12. The third kappa shape index (κ3) is 3.67. The molecular weight excluding hydrogens is 250 g/mol. The molecule has 0 amide bonds. The number of hydrogen-bond acceptors (Lipinski definition) is 5. The summed E-state index contributed by atoms with van der Waals surface area (Å²) in [5, 5.41) is 3.49. The highest BCUT2D eigenvalue weighted by Gasteiger charge is 2.22. The van der Waals surface area contributed by atoms with Crippen LogP contribution in [0.2, 0.25) is 0 Å². The fourth-order valence-corrected chi connectivity index (χ4v) is 2.86. The topological polar surface area (TPSA) is 44.3 Å². The SMILES string of the molecule is CN1CCC(CN(C)c2cncc(CNC3CC3)n2)C1. The van der Waals surface area contributed by atoms with Crippen molar-refractivity contribution in [1.82, 2.24) is 20.2 Å². The van der Waals surface area contributed by atoms with E-state index < -0.39 is 0 Å². The lowest BCUT2D eigenvalue weighted by Gasteiger charge is -2.22. The van der Waals surface area contributed by atoms with Crippen LogP contribution in [-0.4, -0.2) is 54.6 Å². The molecule has 1 aromatic heterocycles. The molecule has 0 bridgehead atoms.